The second kappa shape index (κ2) is 9.45. The van der Waals surface area contributed by atoms with Crippen molar-refractivity contribution in [2.75, 3.05) is 13.2 Å². The van der Waals surface area contributed by atoms with E-state index in [1.807, 2.05) is 30.3 Å². The number of aliphatic hydroxyl groups is 2. The van der Waals surface area contributed by atoms with Crippen molar-refractivity contribution >= 4 is 0 Å². The zero-order chi connectivity index (χ0) is 19.3. The van der Waals surface area contributed by atoms with Gasteiger partial charge in [-0.05, 0) is 51.5 Å². The Hall–Kier alpha value is -1.02. The van der Waals surface area contributed by atoms with E-state index in [-0.39, 0.29) is 6.29 Å². The molecule has 0 saturated carbocycles. The number of benzene rings is 1. The predicted octanol–water partition coefficient (Wildman–Crippen LogP) is 2.92. The molecule has 0 radical (unpaired) electrons. The summed E-state index contributed by atoms with van der Waals surface area (Å²) in [4.78, 5) is 0. The van der Waals surface area contributed by atoms with Crippen molar-refractivity contribution < 1.29 is 29.2 Å². The maximum atomic E-state index is 10.8. The maximum Gasteiger partial charge on any atom is 0.164 e. The Morgan fingerprint density at radius 2 is 1.85 bits per heavy atom. The molecule has 2 fully saturated rings. The van der Waals surface area contributed by atoms with Crippen LogP contribution in [0, 0.1) is 0 Å². The van der Waals surface area contributed by atoms with Crippen molar-refractivity contribution in [3.63, 3.8) is 0 Å². The zero-order valence-corrected chi connectivity index (χ0v) is 16.3. The summed E-state index contributed by atoms with van der Waals surface area (Å²) in [5, 5.41) is 21.4. The molecule has 5 atom stereocenters. The molecule has 0 aliphatic carbocycles. The molecule has 27 heavy (non-hydrogen) atoms. The minimum atomic E-state index is -0.862. The standard InChI is InChI=1S/C21H32O6/c1-21(2)26-19(20(27-21)18(23)15-9-4-3-5-10-15)16(22)11-8-14-25-17-12-6-7-13-24-17/h3-5,9-10,16-20,22-23H,6-8,11-14H2,1-2H3/t16-,17?,18+,19-,20+/m1/s1. The van der Waals surface area contributed by atoms with Crippen LogP contribution in [0.1, 0.15) is 57.6 Å². The first kappa shape index (κ1) is 20.7. The summed E-state index contributed by atoms with van der Waals surface area (Å²) >= 11 is 0. The van der Waals surface area contributed by atoms with E-state index in [0.717, 1.165) is 31.4 Å². The van der Waals surface area contributed by atoms with Gasteiger partial charge in [-0.25, -0.2) is 0 Å². The summed E-state index contributed by atoms with van der Waals surface area (Å²) in [6.07, 6.45) is 1.42. The Morgan fingerprint density at radius 3 is 2.56 bits per heavy atom. The lowest BCUT2D eigenvalue weighted by molar-refractivity contribution is -0.166. The van der Waals surface area contributed by atoms with Crippen molar-refractivity contribution in [2.24, 2.45) is 0 Å². The normalized spacial score (nSPS) is 30.1. The summed E-state index contributed by atoms with van der Waals surface area (Å²) < 4.78 is 23.1. The topological polar surface area (TPSA) is 77.4 Å². The van der Waals surface area contributed by atoms with Crippen molar-refractivity contribution in [3.05, 3.63) is 35.9 Å². The zero-order valence-electron chi connectivity index (χ0n) is 16.3. The molecule has 6 heteroatoms. The first-order chi connectivity index (χ1) is 13.0. The van der Waals surface area contributed by atoms with Crippen LogP contribution in [-0.2, 0) is 18.9 Å². The molecule has 2 N–H and O–H groups in total. The molecule has 152 valence electrons. The molecule has 1 aromatic carbocycles. The van der Waals surface area contributed by atoms with E-state index in [1.165, 1.54) is 0 Å². The van der Waals surface area contributed by atoms with Gasteiger partial charge in [-0.2, -0.15) is 0 Å². The molecule has 0 bridgehead atoms. The van der Waals surface area contributed by atoms with Crippen LogP contribution in [0.5, 0.6) is 0 Å². The predicted molar refractivity (Wildman–Crippen MR) is 100 cm³/mol. The third-order valence-electron chi connectivity index (χ3n) is 5.08. The third kappa shape index (κ3) is 5.73. The fourth-order valence-electron chi connectivity index (χ4n) is 3.71. The molecule has 2 heterocycles. The smallest absolute Gasteiger partial charge is 0.164 e. The average molecular weight is 380 g/mol. The van der Waals surface area contributed by atoms with Gasteiger partial charge in [0.25, 0.3) is 0 Å². The average Bonchev–Trinajstić information content (AvgIpc) is 3.01. The highest BCUT2D eigenvalue weighted by atomic mass is 16.8. The number of ether oxygens (including phenoxy) is 4. The van der Waals surface area contributed by atoms with Gasteiger partial charge in [0.05, 0.1) is 6.10 Å². The first-order valence-corrected chi connectivity index (χ1v) is 9.96. The van der Waals surface area contributed by atoms with Gasteiger partial charge in [0, 0.05) is 13.2 Å². The maximum absolute atomic E-state index is 10.8. The van der Waals surface area contributed by atoms with Crippen LogP contribution >= 0.6 is 0 Å². The Morgan fingerprint density at radius 1 is 1.11 bits per heavy atom. The number of rotatable bonds is 8. The van der Waals surface area contributed by atoms with Crippen LogP contribution in [0.25, 0.3) is 0 Å². The van der Waals surface area contributed by atoms with Crippen molar-refractivity contribution in [3.8, 4) is 0 Å². The molecule has 0 spiro atoms. The summed E-state index contributed by atoms with van der Waals surface area (Å²) in [6, 6.07) is 9.33. The van der Waals surface area contributed by atoms with Gasteiger partial charge in [-0.3, -0.25) is 0 Å². The summed E-state index contributed by atoms with van der Waals surface area (Å²) in [6.45, 7) is 4.89. The third-order valence-corrected chi connectivity index (χ3v) is 5.08. The molecule has 0 aromatic heterocycles. The molecular formula is C21H32O6. The fraction of sp³-hybridized carbons (Fsp3) is 0.714. The fourth-order valence-corrected chi connectivity index (χ4v) is 3.71. The SMILES string of the molecule is CC1(C)O[C@@H]([C@@H](O)c2ccccc2)[C@@H]([C@H](O)CCCOC2CCCCO2)O1. The van der Waals surface area contributed by atoms with Crippen LogP contribution < -0.4 is 0 Å². The number of hydrogen-bond acceptors (Lipinski definition) is 6. The number of hydrogen-bond donors (Lipinski definition) is 2. The molecule has 2 aliphatic rings. The van der Waals surface area contributed by atoms with Gasteiger partial charge >= 0.3 is 0 Å². The molecule has 3 rings (SSSR count). The Balaban J connectivity index is 1.52. The Bertz CT molecular complexity index is 557. The summed E-state index contributed by atoms with van der Waals surface area (Å²) in [7, 11) is 0. The molecule has 2 aliphatic heterocycles. The molecule has 2 saturated heterocycles. The van der Waals surface area contributed by atoms with Crippen LogP contribution in [0.4, 0.5) is 0 Å². The second-order valence-corrected chi connectivity index (χ2v) is 7.80. The second-order valence-electron chi connectivity index (χ2n) is 7.80. The minimum Gasteiger partial charge on any atom is -0.390 e. The molecular weight excluding hydrogens is 348 g/mol. The van der Waals surface area contributed by atoms with Gasteiger partial charge in [0.15, 0.2) is 12.1 Å². The Labute approximate surface area is 161 Å². The van der Waals surface area contributed by atoms with Gasteiger partial charge in [0.1, 0.15) is 18.3 Å². The van der Waals surface area contributed by atoms with Crippen molar-refractivity contribution in [1.82, 2.24) is 0 Å². The van der Waals surface area contributed by atoms with E-state index in [0.29, 0.717) is 19.4 Å². The lowest BCUT2D eigenvalue weighted by atomic mass is 9.95. The van der Waals surface area contributed by atoms with E-state index in [9.17, 15) is 10.2 Å². The summed E-state index contributed by atoms with van der Waals surface area (Å²) in [5.74, 6) is -0.849. The van der Waals surface area contributed by atoms with E-state index >= 15 is 0 Å². The van der Waals surface area contributed by atoms with Gasteiger partial charge < -0.3 is 29.2 Å². The quantitative estimate of drug-likeness (QED) is 0.675. The van der Waals surface area contributed by atoms with E-state index in [2.05, 4.69) is 0 Å². The molecule has 0 amide bonds. The minimum absolute atomic E-state index is 0.117. The number of aliphatic hydroxyl groups excluding tert-OH is 2. The molecule has 1 unspecified atom stereocenters. The largest absolute Gasteiger partial charge is 0.390 e. The van der Waals surface area contributed by atoms with Crippen molar-refractivity contribution in [2.45, 2.75) is 82.4 Å². The van der Waals surface area contributed by atoms with Crippen LogP contribution in [0.2, 0.25) is 0 Å². The van der Waals surface area contributed by atoms with E-state index in [4.69, 9.17) is 18.9 Å². The highest BCUT2D eigenvalue weighted by Crippen LogP contribution is 2.37. The first-order valence-electron chi connectivity index (χ1n) is 9.96. The van der Waals surface area contributed by atoms with E-state index < -0.39 is 30.2 Å². The van der Waals surface area contributed by atoms with Crippen LogP contribution in [-0.4, -0.2) is 53.8 Å². The highest BCUT2D eigenvalue weighted by Gasteiger charge is 2.48. The van der Waals surface area contributed by atoms with Gasteiger partial charge in [-0.1, -0.05) is 30.3 Å². The van der Waals surface area contributed by atoms with Crippen LogP contribution in [0.15, 0.2) is 30.3 Å². The van der Waals surface area contributed by atoms with Crippen LogP contribution in [0.3, 0.4) is 0 Å². The lowest BCUT2D eigenvalue weighted by Crippen LogP contribution is -2.39. The molecule has 6 nitrogen and oxygen atoms in total. The summed E-state index contributed by atoms with van der Waals surface area (Å²) in [5.41, 5.74) is 0.749. The monoisotopic (exact) mass is 380 g/mol. The lowest BCUT2D eigenvalue weighted by Gasteiger charge is -2.26. The van der Waals surface area contributed by atoms with Gasteiger partial charge in [0.2, 0.25) is 0 Å². The van der Waals surface area contributed by atoms with Gasteiger partial charge in [-0.15, -0.1) is 0 Å². The Kier molecular flexibility index (Phi) is 7.25. The molecule has 1 aromatic rings. The highest BCUT2D eigenvalue weighted by molar-refractivity contribution is 5.19. The van der Waals surface area contributed by atoms with Crippen molar-refractivity contribution in [1.29, 1.82) is 0 Å². The van der Waals surface area contributed by atoms with E-state index in [1.54, 1.807) is 13.8 Å².